The van der Waals surface area contributed by atoms with Gasteiger partial charge in [0, 0.05) is 32.0 Å². The summed E-state index contributed by atoms with van der Waals surface area (Å²) in [6.07, 6.45) is 2.33. The summed E-state index contributed by atoms with van der Waals surface area (Å²) >= 11 is 0. The number of amides is 2. The Morgan fingerprint density at radius 1 is 1.23 bits per heavy atom. The fourth-order valence-corrected chi connectivity index (χ4v) is 3.35. The Labute approximate surface area is 129 Å². The molecule has 22 heavy (non-hydrogen) atoms. The molecule has 4 nitrogen and oxygen atoms in total. The molecule has 2 unspecified atom stereocenters. The molecule has 0 bridgehead atoms. The highest BCUT2D eigenvalue weighted by atomic mass is 19.1. The number of hydrogen-bond donors (Lipinski definition) is 1. The van der Waals surface area contributed by atoms with Crippen molar-refractivity contribution in [2.75, 3.05) is 13.1 Å². The average molecular weight is 304 g/mol. The van der Waals surface area contributed by atoms with Gasteiger partial charge < -0.3 is 10.2 Å². The van der Waals surface area contributed by atoms with Gasteiger partial charge >= 0.3 is 0 Å². The number of piperidine rings is 1. The molecule has 2 atom stereocenters. The maximum absolute atomic E-state index is 13.8. The maximum atomic E-state index is 13.8. The van der Waals surface area contributed by atoms with Crippen molar-refractivity contribution >= 4 is 11.8 Å². The average Bonchev–Trinajstić information content (AvgIpc) is 3.27. The Morgan fingerprint density at radius 3 is 2.55 bits per heavy atom. The summed E-state index contributed by atoms with van der Waals surface area (Å²) in [5.41, 5.74) is 0.661. The Balaban J connectivity index is 1.54. The lowest BCUT2D eigenvalue weighted by atomic mass is 10.0. The van der Waals surface area contributed by atoms with Crippen LogP contribution in [0.3, 0.4) is 0 Å². The van der Waals surface area contributed by atoms with Crippen LogP contribution in [0.1, 0.15) is 37.7 Å². The summed E-state index contributed by atoms with van der Waals surface area (Å²) in [5.74, 6) is -0.149. The standard InChI is InChI=1S/C17H21FN2O2/c1-11(21)19-12-6-8-20(9-7-12)17(22)15-10-14(15)13-4-2-3-5-16(13)18/h2-5,12,14-15H,6-10H2,1H3,(H,19,21). The molecule has 0 spiro atoms. The number of likely N-dealkylation sites (tertiary alicyclic amines) is 1. The summed E-state index contributed by atoms with van der Waals surface area (Å²) in [6, 6.07) is 6.88. The molecule has 1 aromatic carbocycles. The van der Waals surface area contributed by atoms with Gasteiger partial charge in [-0.1, -0.05) is 18.2 Å². The second-order valence-electron chi connectivity index (χ2n) is 6.27. The second-order valence-corrected chi connectivity index (χ2v) is 6.27. The number of rotatable bonds is 3. The van der Waals surface area contributed by atoms with Crippen molar-refractivity contribution in [1.29, 1.82) is 0 Å². The van der Waals surface area contributed by atoms with Crippen molar-refractivity contribution in [1.82, 2.24) is 10.2 Å². The van der Waals surface area contributed by atoms with Crippen LogP contribution in [-0.4, -0.2) is 35.8 Å². The van der Waals surface area contributed by atoms with Gasteiger partial charge in [0.05, 0.1) is 0 Å². The molecule has 5 heteroatoms. The summed E-state index contributed by atoms with van der Waals surface area (Å²) in [6.45, 7) is 2.86. The molecule has 1 aliphatic heterocycles. The van der Waals surface area contributed by atoms with Crippen molar-refractivity contribution in [2.45, 2.75) is 38.1 Å². The van der Waals surface area contributed by atoms with Crippen molar-refractivity contribution in [3.8, 4) is 0 Å². The molecule has 1 aliphatic carbocycles. The van der Waals surface area contributed by atoms with Crippen molar-refractivity contribution in [3.63, 3.8) is 0 Å². The van der Waals surface area contributed by atoms with Gasteiger partial charge in [0.2, 0.25) is 11.8 Å². The first-order valence-corrected chi connectivity index (χ1v) is 7.86. The first kappa shape index (κ1) is 15.0. The number of nitrogens with zero attached hydrogens (tertiary/aromatic N) is 1. The lowest BCUT2D eigenvalue weighted by molar-refractivity contribution is -0.133. The van der Waals surface area contributed by atoms with E-state index in [1.54, 1.807) is 12.1 Å². The summed E-state index contributed by atoms with van der Waals surface area (Å²) in [4.78, 5) is 25.4. The number of halogens is 1. The van der Waals surface area contributed by atoms with E-state index in [2.05, 4.69) is 5.32 Å². The van der Waals surface area contributed by atoms with Crippen LogP contribution in [0.4, 0.5) is 4.39 Å². The topological polar surface area (TPSA) is 49.4 Å². The summed E-state index contributed by atoms with van der Waals surface area (Å²) in [7, 11) is 0. The SMILES string of the molecule is CC(=O)NC1CCN(C(=O)C2CC2c2ccccc2F)CC1. The lowest BCUT2D eigenvalue weighted by Crippen LogP contribution is -2.46. The minimum Gasteiger partial charge on any atom is -0.353 e. The molecule has 0 aromatic heterocycles. The zero-order valence-electron chi connectivity index (χ0n) is 12.7. The first-order chi connectivity index (χ1) is 10.6. The third-order valence-corrected chi connectivity index (χ3v) is 4.63. The van der Waals surface area contributed by atoms with E-state index >= 15 is 0 Å². The van der Waals surface area contributed by atoms with E-state index in [0.717, 1.165) is 19.3 Å². The van der Waals surface area contributed by atoms with E-state index in [0.29, 0.717) is 18.7 Å². The molecule has 0 radical (unpaired) electrons. The quantitative estimate of drug-likeness (QED) is 0.929. The van der Waals surface area contributed by atoms with Gasteiger partial charge in [0.1, 0.15) is 5.82 Å². The number of carbonyl (C=O) groups is 2. The number of nitrogens with one attached hydrogen (secondary N) is 1. The molecule has 1 N–H and O–H groups in total. The van der Waals surface area contributed by atoms with E-state index in [1.807, 2.05) is 11.0 Å². The van der Waals surface area contributed by atoms with Crippen molar-refractivity contribution in [3.05, 3.63) is 35.6 Å². The molecule has 118 valence electrons. The fraction of sp³-hybridized carbons (Fsp3) is 0.529. The van der Waals surface area contributed by atoms with Crippen LogP contribution in [-0.2, 0) is 9.59 Å². The van der Waals surface area contributed by atoms with Crippen molar-refractivity contribution < 1.29 is 14.0 Å². The Bertz CT molecular complexity index is 582. The zero-order chi connectivity index (χ0) is 15.7. The van der Waals surface area contributed by atoms with Crippen LogP contribution in [0.25, 0.3) is 0 Å². The van der Waals surface area contributed by atoms with E-state index < -0.39 is 0 Å². The molecule has 2 aliphatic rings. The van der Waals surface area contributed by atoms with E-state index in [4.69, 9.17) is 0 Å². The van der Waals surface area contributed by atoms with E-state index in [1.165, 1.54) is 13.0 Å². The van der Waals surface area contributed by atoms with Gasteiger partial charge in [-0.3, -0.25) is 9.59 Å². The largest absolute Gasteiger partial charge is 0.353 e. The fourth-order valence-electron chi connectivity index (χ4n) is 3.35. The summed E-state index contributed by atoms with van der Waals surface area (Å²) in [5, 5.41) is 2.90. The monoisotopic (exact) mass is 304 g/mol. The molecule has 1 aromatic rings. The van der Waals surface area contributed by atoms with Crippen LogP contribution < -0.4 is 5.32 Å². The molecular weight excluding hydrogens is 283 g/mol. The second kappa shape index (κ2) is 6.07. The number of carbonyl (C=O) groups excluding carboxylic acids is 2. The van der Waals surface area contributed by atoms with Gasteiger partial charge in [-0.05, 0) is 36.8 Å². The minimum atomic E-state index is -0.216. The predicted octanol–water partition coefficient (Wildman–Crippen LogP) is 2.06. The molecule has 3 rings (SSSR count). The van der Waals surface area contributed by atoms with Crippen LogP contribution in [0, 0.1) is 11.7 Å². The van der Waals surface area contributed by atoms with Crippen LogP contribution in [0.15, 0.2) is 24.3 Å². The first-order valence-electron chi connectivity index (χ1n) is 7.86. The Hall–Kier alpha value is -1.91. The van der Waals surface area contributed by atoms with Crippen LogP contribution in [0.5, 0.6) is 0 Å². The molecule has 1 saturated heterocycles. The van der Waals surface area contributed by atoms with Gasteiger partial charge in [-0.25, -0.2) is 4.39 Å². The van der Waals surface area contributed by atoms with E-state index in [-0.39, 0.29) is 35.5 Å². The minimum absolute atomic E-state index is 0.0217. The Morgan fingerprint density at radius 2 is 1.91 bits per heavy atom. The maximum Gasteiger partial charge on any atom is 0.226 e. The molecule has 1 saturated carbocycles. The third-order valence-electron chi connectivity index (χ3n) is 4.63. The molecule has 2 amide bonds. The smallest absolute Gasteiger partial charge is 0.226 e. The van der Waals surface area contributed by atoms with Crippen molar-refractivity contribution in [2.24, 2.45) is 5.92 Å². The summed E-state index contributed by atoms with van der Waals surface area (Å²) < 4.78 is 13.8. The van der Waals surface area contributed by atoms with Gasteiger partial charge in [0.25, 0.3) is 0 Å². The molecular formula is C17H21FN2O2. The predicted molar refractivity (Wildman–Crippen MR) is 80.7 cm³/mol. The zero-order valence-corrected chi connectivity index (χ0v) is 12.7. The van der Waals surface area contributed by atoms with Gasteiger partial charge in [0.15, 0.2) is 0 Å². The van der Waals surface area contributed by atoms with Gasteiger partial charge in [-0.15, -0.1) is 0 Å². The lowest BCUT2D eigenvalue weighted by Gasteiger charge is -2.32. The highest BCUT2D eigenvalue weighted by Gasteiger charge is 2.47. The van der Waals surface area contributed by atoms with E-state index in [9.17, 15) is 14.0 Å². The van der Waals surface area contributed by atoms with Gasteiger partial charge in [-0.2, -0.15) is 0 Å². The van der Waals surface area contributed by atoms with Crippen LogP contribution >= 0.6 is 0 Å². The molecule has 2 fully saturated rings. The Kier molecular flexibility index (Phi) is 4.14. The number of hydrogen-bond acceptors (Lipinski definition) is 2. The van der Waals surface area contributed by atoms with Crippen LogP contribution in [0.2, 0.25) is 0 Å². The highest BCUT2D eigenvalue weighted by Crippen LogP contribution is 2.49. The third kappa shape index (κ3) is 3.13. The normalized spacial score (nSPS) is 24.9. The number of benzene rings is 1. The highest BCUT2D eigenvalue weighted by molar-refractivity contribution is 5.83. The molecule has 1 heterocycles.